The highest BCUT2D eigenvalue weighted by Crippen LogP contribution is 2.44. The number of aromatic nitrogens is 2. The third-order valence-corrected chi connectivity index (χ3v) is 6.46. The third-order valence-electron chi connectivity index (χ3n) is 5.28. The molecule has 0 spiro atoms. The van der Waals surface area contributed by atoms with E-state index in [2.05, 4.69) is 5.32 Å². The first-order valence-corrected chi connectivity index (χ1v) is 10.4. The second kappa shape index (κ2) is 6.60. The van der Waals surface area contributed by atoms with E-state index in [1.807, 2.05) is 12.1 Å². The summed E-state index contributed by atoms with van der Waals surface area (Å²) in [5.41, 5.74) is 1.94. The summed E-state index contributed by atoms with van der Waals surface area (Å²) in [4.78, 5) is 24.1. The Morgan fingerprint density at radius 3 is 2.89 bits per heavy atom. The number of nitrogens with zero attached hydrogens (tertiary/aromatic N) is 2. The van der Waals surface area contributed by atoms with Gasteiger partial charge >= 0.3 is 0 Å². The van der Waals surface area contributed by atoms with Gasteiger partial charge in [0.05, 0.1) is 5.39 Å². The van der Waals surface area contributed by atoms with E-state index in [1.54, 1.807) is 30.5 Å². The molecule has 27 heavy (non-hydrogen) atoms. The molecule has 0 saturated heterocycles. The lowest BCUT2D eigenvalue weighted by molar-refractivity contribution is 0.0963. The molecule has 1 N–H and O–H groups in total. The van der Waals surface area contributed by atoms with Crippen LogP contribution in [0.2, 0.25) is 0 Å². The van der Waals surface area contributed by atoms with Crippen LogP contribution in [-0.2, 0) is 12.8 Å². The van der Waals surface area contributed by atoms with Crippen LogP contribution in [0.5, 0.6) is 11.6 Å². The van der Waals surface area contributed by atoms with Crippen molar-refractivity contribution in [2.45, 2.75) is 44.4 Å². The molecule has 0 unspecified atom stereocenters. The molecule has 2 aliphatic rings. The Hall–Kier alpha value is -2.47. The fourth-order valence-electron chi connectivity index (χ4n) is 3.69. The van der Waals surface area contributed by atoms with E-state index in [-0.39, 0.29) is 5.91 Å². The minimum atomic E-state index is -0.125. The first kappa shape index (κ1) is 16.7. The summed E-state index contributed by atoms with van der Waals surface area (Å²) >= 11 is 1.80. The van der Waals surface area contributed by atoms with Gasteiger partial charge in [-0.25, -0.2) is 4.98 Å². The molecule has 138 valence electrons. The molecule has 0 radical (unpaired) electrons. The molecule has 3 aromatic rings. The lowest BCUT2D eigenvalue weighted by Gasteiger charge is -2.13. The number of carbonyl (C=O) groups excluding carboxylic acids is 1. The molecule has 0 bridgehead atoms. The van der Waals surface area contributed by atoms with E-state index in [0.717, 1.165) is 41.7 Å². The van der Waals surface area contributed by atoms with E-state index in [1.165, 1.54) is 23.3 Å². The van der Waals surface area contributed by atoms with Crippen LogP contribution in [0.3, 0.4) is 0 Å². The zero-order valence-corrected chi connectivity index (χ0v) is 16.1. The summed E-state index contributed by atoms with van der Waals surface area (Å²) in [6, 6.07) is 7.25. The number of ether oxygens (including phenoxy) is 1. The molecule has 5 nitrogen and oxygen atoms in total. The van der Waals surface area contributed by atoms with Gasteiger partial charge in [-0.05, 0) is 62.3 Å². The quantitative estimate of drug-likeness (QED) is 0.719. The van der Waals surface area contributed by atoms with E-state index in [0.29, 0.717) is 23.1 Å². The first-order chi connectivity index (χ1) is 13.2. The topological polar surface area (TPSA) is 64.1 Å². The van der Waals surface area contributed by atoms with E-state index in [9.17, 15) is 4.79 Å². The van der Waals surface area contributed by atoms with Crippen molar-refractivity contribution in [3.8, 4) is 11.6 Å². The molecule has 6 heteroatoms. The van der Waals surface area contributed by atoms with Gasteiger partial charge in [0.25, 0.3) is 5.91 Å². The second-order valence-electron chi connectivity index (χ2n) is 7.26. The Morgan fingerprint density at radius 2 is 2.07 bits per heavy atom. The van der Waals surface area contributed by atoms with Crippen LogP contribution in [0.1, 0.15) is 58.2 Å². The van der Waals surface area contributed by atoms with Crippen molar-refractivity contribution in [1.82, 2.24) is 15.3 Å². The summed E-state index contributed by atoms with van der Waals surface area (Å²) in [5.74, 6) is 2.52. The monoisotopic (exact) mass is 379 g/mol. The van der Waals surface area contributed by atoms with Gasteiger partial charge in [0.2, 0.25) is 5.88 Å². The van der Waals surface area contributed by atoms with Crippen molar-refractivity contribution in [3.05, 3.63) is 46.1 Å². The van der Waals surface area contributed by atoms with Gasteiger partial charge in [-0.2, -0.15) is 4.98 Å². The minimum Gasteiger partial charge on any atom is -0.438 e. The van der Waals surface area contributed by atoms with Gasteiger partial charge in [-0.1, -0.05) is 6.07 Å². The molecule has 1 aromatic carbocycles. The number of thiophene rings is 1. The van der Waals surface area contributed by atoms with Crippen LogP contribution < -0.4 is 10.1 Å². The molecule has 1 amide bonds. The van der Waals surface area contributed by atoms with Crippen molar-refractivity contribution in [1.29, 1.82) is 0 Å². The highest BCUT2D eigenvalue weighted by atomic mass is 32.1. The van der Waals surface area contributed by atoms with Gasteiger partial charge < -0.3 is 10.1 Å². The third kappa shape index (κ3) is 3.08. The van der Waals surface area contributed by atoms with E-state index >= 15 is 0 Å². The van der Waals surface area contributed by atoms with E-state index in [4.69, 9.17) is 14.7 Å². The molecule has 2 heterocycles. The largest absolute Gasteiger partial charge is 0.438 e. The maximum absolute atomic E-state index is 11.9. The predicted octanol–water partition coefficient (Wildman–Crippen LogP) is 4.60. The number of rotatable bonds is 4. The van der Waals surface area contributed by atoms with Crippen LogP contribution in [0, 0.1) is 0 Å². The van der Waals surface area contributed by atoms with Gasteiger partial charge in [-0.3, -0.25) is 4.79 Å². The molecular formula is C21H21N3O2S. The van der Waals surface area contributed by atoms with Crippen molar-refractivity contribution >= 4 is 27.5 Å². The number of nitrogens with one attached hydrogen (secondary N) is 1. The van der Waals surface area contributed by atoms with Gasteiger partial charge in [0, 0.05) is 23.4 Å². The summed E-state index contributed by atoms with van der Waals surface area (Å²) < 4.78 is 6.25. The SMILES string of the molecule is CNC(=O)c1cccc(Oc2nc(C3CC3)nc3sc4c(c23)CCCC4)c1. The summed E-state index contributed by atoms with van der Waals surface area (Å²) in [6.07, 6.45) is 6.95. The number of benzene rings is 1. The Balaban J connectivity index is 1.61. The van der Waals surface area contributed by atoms with Crippen molar-refractivity contribution in [2.24, 2.45) is 0 Å². The van der Waals surface area contributed by atoms with Crippen LogP contribution in [0.25, 0.3) is 10.2 Å². The number of aryl methyl sites for hydroxylation is 2. The molecule has 2 aliphatic carbocycles. The molecular weight excluding hydrogens is 358 g/mol. The lowest BCUT2D eigenvalue weighted by Crippen LogP contribution is -2.17. The highest BCUT2D eigenvalue weighted by molar-refractivity contribution is 7.18. The molecule has 1 fully saturated rings. The number of fused-ring (bicyclic) bond motifs is 3. The predicted molar refractivity (Wildman–Crippen MR) is 106 cm³/mol. The molecule has 0 aliphatic heterocycles. The number of hydrogen-bond acceptors (Lipinski definition) is 5. The van der Waals surface area contributed by atoms with Crippen molar-refractivity contribution < 1.29 is 9.53 Å². The normalized spacial score (nSPS) is 16.2. The summed E-state index contributed by atoms with van der Waals surface area (Å²) in [7, 11) is 1.63. The minimum absolute atomic E-state index is 0.125. The van der Waals surface area contributed by atoms with Crippen LogP contribution >= 0.6 is 11.3 Å². The Morgan fingerprint density at radius 1 is 1.22 bits per heavy atom. The van der Waals surface area contributed by atoms with Gasteiger partial charge in [0.1, 0.15) is 16.4 Å². The standard InChI is InChI=1S/C21H21N3O2S/c1-22-19(25)13-5-4-6-14(11-13)26-20-17-15-7-2-3-8-16(15)27-21(17)24-18(23-20)12-9-10-12/h4-6,11-12H,2-3,7-10H2,1H3,(H,22,25). The highest BCUT2D eigenvalue weighted by Gasteiger charge is 2.30. The van der Waals surface area contributed by atoms with Crippen molar-refractivity contribution in [3.63, 3.8) is 0 Å². The smallest absolute Gasteiger partial charge is 0.251 e. The van der Waals surface area contributed by atoms with Crippen molar-refractivity contribution in [2.75, 3.05) is 7.05 Å². The fraction of sp³-hybridized carbons (Fsp3) is 0.381. The maximum atomic E-state index is 11.9. The molecule has 0 atom stereocenters. The van der Waals surface area contributed by atoms with Crippen LogP contribution in [-0.4, -0.2) is 22.9 Å². The maximum Gasteiger partial charge on any atom is 0.251 e. The lowest BCUT2D eigenvalue weighted by atomic mass is 9.97. The summed E-state index contributed by atoms with van der Waals surface area (Å²) in [5, 5.41) is 3.73. The average Bonchev–Trinajstić information content (AvgIpc) is 3.48. The molecule has 1 saturated carbocycles. The zero-order valence-electron chi connectivity index (χ0n) is 15.2. The van der Waals surface area contributed by atoms with Crippen LogP contribution in [0.4, 0.5) is 0 Å². The van der Waals surface area contributed by atoms with E-state index < -0.39 is 0 Å². The number of carbonyl (C=O) groups is 1. The first-order valence-electron chi connectivity index (χ1n) is 9.55. The molecule has 5 rings (SSSR count). The second-order valence-corrected chi connectivity index (χ2v) is 8.34. The van der Waals surface area contributed by atoms with Gasteiger partial charge in [0.15, 0.2) is 0 Å². The number of hydrogen-bond donors (Lipinski definition) is 1. The molecule has 2 aromatic heterocycles. The van der Waals surface area contributed by atoms with Gasteiger partial charge in [-0.15, -0.1) is 11.3 Å². The summed E-state index contributed by atoms with van der Waals surface area (Å²) in [6.45, 7) is 0. The Labute approximate surface area is 161 Å². The Bertz CT molecular complexity index is 1040. The average molecular weight is 379 g/mol. The fourth-order valence-corrected chi connectivity index (χ4v) is 4.95. The Kier molecular flexibility index (Phi) is 4.08. The van der Waals surface area contributed by atoms with Crippen LogP contribution in [0.15, 0.2) is 24.3 Å². The number of amides is 1. The zero-order chi connectivity index (χ0) is 18.4.